The summed E-state index contributed by atoms with van der Waals surface area (Å²) in [5, 5.41) is 13.7. The number of amides is 1. The molecule has 1 N–H and O–H groups in total. The zero-order valence-corrected chi connectivity index (χ0v) is 14.9. The maximum absolute atomic E-state index is 12.2. The van der Waals surface area contributed by atoms with Gasteiger partial charge in [0.1, 0.15) is 11.4 Å². The quantitative estimate of drug-likeness (QED) is 0.446. The molecule has 1 saturated heterocycles. The number of esters is 1. The lowest BCUT2D eigenvalue weighted by Crippen LogP contribution is -2.41. The number of hydrogen-bond donors (Lipinski definition) is 1. The summed E-state index contributed by atoms with van der Waals surface area (Å²) in [5.74, 6) is -0.314. The number of piperidine rings is 1. The summed E-state index contributed by atoms with van der Waals surface area (Å²) in [6, 6.07) is 4.26. The van der Waals surface area contributed by atoms with Crippen LogP contribution in [0.2, 0.25) is 0 Å². The van der Waals surface area contributed by atoms with E-state index in [1.807, 2.05) is 4.90 Å². The Balaban J connectivity index is 1.90. The van der Waals surface area contributed by atoms with E-state index in [2.05, 4.69) is 5.32 Å². The molecule has 0 unspecified atom stereocenters. The molecule has 26 heavy (non-hydrogen) atoms. The van der Waals surface area contributed by atoms with Crippen LogP contribution >= 0.6 is 0 Å². The van der Waals surface area contributed by atoms with Gasteiger partial charge < -0.3 is 14.8 Å². The van der Waals surface area contributed by atoms with Crippen molar-refractivity contribution in [1.29, 1.82) is 0 Å². The van der Waals surface area contributed by atoms with Crippen LogP contribution in [0.25, 0.3) is 0 Å². The SMILES string of the molecule is CCOC(=O)C1CCN(CC(=O)Nc2ccc(OC)cc2[N+](=O)[O-])CC1. The Morgan fingerprint density at radius 2 is 2.04 bits per heavy atom. The standard InChI is InChI=1S/C17H23N3O6/c1-3-26-17(22)12-6-8-19(9-7-12)11-16(21)18-14-5-4-13(25-2)10-15(14)20(23)24/h4-5,10,12H,3,6-9,11H2,1-2H3,(H,18,21). The fourth-order valence-corrected chi connectivity index (χ4v) is 2.87. The molecule has 2 rings (SSSR count). The van der Waals surface area contributed by atoms with Gasteiger partial charge in [-0.2, -0.15) is 0 Å². The molecule has 0 saturated carbocycles. The minimum absolute atomic E-state index is 0.110. The van der Waals surface area contributed by atoms with Gasteiger partial charge in [0.05, 0.1) is 37.2 Å². The molecular weight excluding hydrogens is 342 g/mol. The highest BCUT2D eigenvalue weighted by molar-refractivity contribution is 5.94. The second kappa shape index (κ2) is 9.14. The van der Waals surface area contributed by atoms with Crippen molar-refractivity contribution in [3.63, 3.8) is 0 Å². The van der Waals surface area contributed by atoms with E-state index in [9.17, 15) is 19.7 Å². The second-order valence-corrected chi connectivity index (χ2v) is 5.99. The van der Waals surface area contributed by atoms with Gasteiger partial charge in [0.25, 0.3) is 5.69 Å². The van der Waals surface area contributed by atoms with Gasteiger partial charge in [-0.05, 0) is 45.0 Å². The van der Waals surface area contributed by atoms with E-state index >= 15 is 0 Å². The fourth-order valence-electron chi connectivity index (χ4n) is 2.87. The molecule has 0 bridgehead atoms. The van der Waals surface area contributed by atoms with Crippen molar-refractivity contribution in [2.24, 2.45) is 5.92 Å². The molecule has 1 aromatic rings. The zero-order valence-electron chi connectivity index (χ0n) is 14.9. The summed E-state index contributed by atoms with van der Waals surface area (Å²) in [6.45, 7) is 3.44. The Morgan fingerprint density at radius 3 is 2.62 bits per heavy atom. The van der Waals surface area contributed by atoms with Gasteiger partial charge >= 0.3 is 5.97 Å². The van der Waals surface area contributed by atoms with Crippen LogP contribution < -0.4 is 10.1 Å². The number of nitrogens with zero attached hydrogens (tertiary/aromatic N) is 2. The van der Waals surface area contributed by atoms with E-state index in [1.165, 1.54) is 19.2 Å². The Morgan fingerprint density at radius 1 is 1.35 bits per heavy atom. The van der Waals surface area contributed by atoms with Gasteiger partial charge in [-0.15, -0.1) is 0 Å². The number of hydrogen-bond acceptors (Lipinski definition) is 7. The number of ether oxygens (including phenoxy) is 2. The molecule has 1 heterocycles. The van der Waals surface area contributed by atoms with Crippen LogP contribution in [0.1, 0.15) is 19.8 Å². The summed E-state index contributed by atoms with van der Waals surface area (Å²) >= 11 is 0. The number of rotatable bonds is 7. The molecule has 1 amide bonds. The van der Waals surface area contributed by atoms with E-state index < -0.39 is 4.92 Å². The molecular formula is C17H23N3O6. The zero-order chi connectivity index (χ0) is 19.1. The highest BCUT2D eigenvalue weighted by Crippen LogP contribution is 2.29. The lowest BCUT2D eigenvalue weighted by molar-refractivity contribution is -0.384. The van der Waals surface area contributed by atoms with Crippen molar-refractivity contribution in [2.45, 2.75) is 19.8 Å². The van der Waals surface area contributed by atoms with E-state index in [0.717, 1.165) is 0 Å². The van der Waals surface area contributed by atoms with Gasteiger partial charge in [-0.25, -0.2) is 0 Å². The first-order valence-electron chi connectivity index (χ1n) is 8.45. The molecule has 0 spiro atoms. The van der Waals surface area contributed by atoms with Crippen molar-refractivity contribution in [3.8, 4) is 5.75 Å². The number of nitro groups is 1. The van der Waals surface area contributed by atoms with Crippen LogP contribution in [0, 0.1) is 16.0 Å². The Bertz CT molecular complexity index is 670. The van der Waals surface area contributed by atoms with Gasteiger partial charge in [0.2, 0.25) is 5.91 Å². The van der Waals surface area contributed by atoms with Gasteiger partial charge in [-0.1, -0.05) is 0 Å². The maximum Gasteiger partial charge on any atom is 0.309 e. The topological polar surface area (TPSA) is 111 Å². The largest absolute Gasteiger partial charge is 0.496 e. The third-order valence-corrected chi connectivity index (χ3v) is 4.25. The van der Waals surface area contributed by atoms with Crippen LogP contribution in [-0.2, 0) is 14.3 Å². The lowest BCUT2D eigenvalue weighted by Gasteiger charge is -2.30. The highest BCUT2D eigenvalue weighted by atomic mass is 16.6. The number of methoxy groups -OCH3 is 1. The molecule has 1 aliphatic heterocycles. The maximum atomic E-state index is 12.2. The normalized spacial score (nSPS) is 15.3. The molecule has 142 valence electrons. The predicted molar refractivity (Wildman–Crippen MR) is 94.1 cm³/mol. The van der Waals surface area contributed by atoms with Crippen LogP contribution in [0.4, 0.5) is 11.4 Å². The number of benzene rings is 1. The van der Waals surface area contributed by atoms with Gasteiger partial charge in [-0.3, -0.25) is 24.6 Å². The number of carbonyl (C=O) groups is 2. The highest BCUT2D eigenvalue weighted by Gasteiger charge is 2.27. The number of likely N-dealkylation sites (tertiary alicyclic amines) is 1. The Kier molecular flexibility index (Phi) is 6.90. The monoisotopic (exact) mass is 365 g/mol. The summed E-state index contributed by atoms with van der Waals surface area (Å²) in [6.07, 6.45) is 1.27. The molecule has 0 aliphatic carbocycles. The molecule has 9 nitrogen and oxygen atoms in total. The van der Waals surface area contributed by atoms with Crippen molar-refractivity contribution in [2.75, 3.05) is 38.7 Å². The average Bonchev–Trinajstić information content (AvgIpc) is 2.62. The van der Waals surface area contributed by atoms with Gasteiger partial charge in [0.15, 0.2) is 0 Å². The number of anilines is 1. The van der Waals surface area contributed by atoms with Crippen LogP contribution in [0.5, 0.6) is 5.75 Å². The summed E-state index contributed by atoms with van der Waals surface area (Å²) in [4.78, 5) is 36.5. The third kappa shape index (κ3) is 5.16. The molecule has 1 aliphatic rings. The van der Waals surface area contributed by atoms with Crippen LogP contribution in [0.3, 0.4) is 0 Å². The predicted octanol–water partition coefficient (Wildman–Crippen LogP) is 1.82. The Labute approximate surface area is 151 Å². The summed E-state index contributed by atoms with van der Waals surface area (Å²) in [7, 11) is 1.41. The van der Waals surface area contributed by atoms with E-state index in [1.54, 1.807) is 13.0 Å². The smallest absolute Gasteiger partial charge is 0.309 e. The minimum atomic E-state index is -0.567. The van der Waals surface area contributed by atoms with E-state index in [-0.39, 0.29) is 35.7 Å². The number of nitrogens with one attached hydrogen (secondary N) is 1. The first-order valence-corrected chi connectivity index (χ1v) is 8.45. The molecule has 0 radical (unpaired) electrons. The molecule has 1 fully saturated rings. The minimum Gasteiger partial charge on any atom is -0.496 e. The number of nitro benzene ring substituents is 1. The summed E-state index contributed by atoms with van der Waals surface area (Å²) < 4.78 is 9.99. The van der Waals surface area contributed by atoms with Crippen LogP contribution in [-0.4, -0.2) is 55.1 Å². The first kappa shape index (κ1) is 19.6. The van der Waals surface area contributed by atoms with Gasteiger partial charge in [0, 0.05) is 0 Å². The van der Waals surface area contributed by atoms with Crippen molar-refractivity contribution in [1.82, 2.24) is 4.90 Å². The fraction of sp³-hybridized carbons (Fsp3) is 0.529. The van der Waals surface area contributed by atoms with E-state index in [0.29, 0.717) is 38.3 Å². The first-order chi connectivity index (χ1) is 12.4. The van der Waals surface area contributed by atoms with E-state index in [4.69, 9.17) is 9.47 Å². The van der Waals surface area contributed by atoms with Crippen LogP contribution in [0.15, 0.2) is 18.2 Å². The average molecular weight is 365 g/mol. The molecule has 0 atom stereocenters. The van der Waals surface area contributed by atoms with Crippen molar-refractivity contribution < 1.29 is 24.0 Å². The molecule has 0 aromatic heterocycles. The second-order valence-electron chi connectivity index (χ2n) is 5.99. The Hall–Kier alpha value is -2.68. The van der Waals surface area contributed by atoms with Crippen molar-refractivity contribution in [3.05, 3.63) is 28.3 Å². The molecule has 9 heteroatoms. The summed E-state index contributed by atoms with van der Waals surface area (Å²) in [5.41, 5.74) is -0.0964. The molecule has 1 aromatic carbocycles. The third-order valence-electron chi connectivity index (χ3n) is 4.25. The lowest BCUT2D eigenvalue weighted by atomic mass is 9.97. The van der Waals surface area contributed by atoms with Crippen molar-refractivity contribution >= 4 is 23.3 Å². The number of carbonyl (C=O) groups excluding carboxylic acids is 2.